The van der Waals surface area contributed by atoms with Crippen molar-refractivity contribution in [2.24, 2.45) is 0 Å². The second-order valence-electron chi connectivity index (χ2n) is 3.71. The lowest BCUT2D eigenvalue weighted by atomic mass is 10.2. The molecule has 4 heteroatoms. The predicted molar refractivity (Wildman–Crippen MR) is 69.3 cm³/mol. The van der Waals surface area contributed by atoms with Crippen LogP contribution < -0.4 is 10.1 Å². The minimum atomic E-state index is 0.624. The molecule has 4 nitrogen and oxygen atoms in total. The Labute approximate surface area is 106 Å². The van der Waals surface area contributed by atoms with Gasteiger partial charge in [0.1, 0.15) is 0 Å². The number of rotatable bonds is 4. The lowest BCUT2D eigenvalue weighted by Gasteiger charge is -2.09. The number of ether oxygens (including phenoxy) is 1. The third-order valence-corrected chi connectivity index (χ3v) is 2.54. The zero-order valence-corrected chi connectivity index (χ0v) is 10.1. The number of aromatic nitrogens is 1. The second-order valence-corrected chi connectivity index (χ2v) is 3.71. The van der Waals surface area contributed by atoms with E-state index in [1.54, 1.807) is 25.4 Å². The highest BCUT2D eigenvalue weighted by Crippen LogP contribution is 2.16. The molecule has 2 rings (SSSR count). The molecule has 2 aromatic rings. The molecule has 90 valence electrons. The fourth-order valence-electron chi connectivity index (χ4n) is 1.60. The molecule has 0 fully saturated rings. The number of anilines is 1. The summed E-state index contributed by atoms with van der Waals surface area (Å²) < 4.78 is 5.18. The number of nitrogens with zero attached hydrogens (tertiary/aromatic N) is 2. The van der Waals surface area contributed by atoms with Crippen molar-refractivity contribution < 1.29 is 4.74 Å². The first-order chi connectivity index (χ1) is 8.83. The van der Waals surface area contributed by atoms with E-state index in [4.69, 9.17) is 10.00 Å². The molecule has 0 amide bonds. The van der Waals surface area contributed by atoms with E-state index in [1.807, 2.05) is 24.3 Å². The Hall–Kier alpha value is -2.54. The Morgan fingerprint density at radius 1 is 1.28 bits per heavy atom. The van der Waals surface area contributed by atoms with Gasteiger partial charge in [-0.15, -0.1) is 0 Å². The van der Waals surface area contributed by atoms with E-state index in [1.165, 1.54) is 0 Å². The fraction of sp³-hybridized carbons (Fsp3) is 0.143. The Balaban J connectivity index is 2.04. The third-order valence-electron chi connectivity index (χ3n) is 2.54. The highest BCUT2D eigenvalue weighted by molar-refractivity contribution is 5.48. The van der Waals surface area contributed by atoms with Gasteiger partial charge in [-0.25, -0.2) is 4.98 Å². The predicted octanol–water partition coefficient (Wildman–Crippen LogP) is 2.57. The van der Waals surface area contributed by atoms with Crippen LogP contribution in [-0.4, -0.2) is 12.1 Å². The van der Waals surface area contributed by atoms with Crippen LogP contribution in [0.2, 0.25) is 0 Å². The summed E-state index contributed by atoms with van der Waals surface area (Å²) in [5.74, 6) is 0.624. The first-order valence-corrected chi connectivity index (χ1v) is 5.55. The molecule has 0 bridgehead atoms. The van der Waals surface area contributed by atoms with Crippen molar-refractivity contribution in [3.63, 3.8) is 0 Å². The molecule has 1 heterocycles. The Morgan fingerprint density at radius 2 is 2.06 bits per heavy atom. The first kappa shape index (κ1) is 11.9. The van der Waals surface area contributed by atoms with Gasteiger partial charge in [0.25, 0.3) is 0 Å². The minimum absolute atomic E-state index is 0.624. The normalized spacial score (nSPS) is 9.56. The summed E-state index contributed by atoms with van der Waals surface area (Å²) in [6.07, 6.45) is 1.70. The Kier molecular flexibility index (Phi) is 3.77. The van der Waals surface area contributed by atoms with Gasteiger partial charge in [0.15, 0.2) is 0 Å². The van der Waals surface area contributed by atoms with E-state index in [2.05, 4.69) is 16.4 Å². The maximum absolute atomic E-state index is 8.71. The molecule has 1 aromatic carbocycles. The van der Waals surface area contributed by atoms with Gasteiger partial charge in [-0.3, -0.25) is 0 Å². The second kappa shape index (κ2) is 5.69. The number of methoxy groups -OCH3 is 1. The number of benzene rings is 1. The van der Waals surface area contributed by atoms with Crippen molar-refractivity contribution >= 4 is 5.69 Å². The quantitative estimate of drug-likeness (QED) is 0.890. The smallest absolute Gasteiger partial charge is 0.218 e. The zero-order valence-electron chi connectivity index (χ0n) is 10.1. The van der Waals surface area contributed by atoms with Crippen molar-refractivity contribution in [1.82, 2.24) is 4.98 Å². The van der Waals surface area contributed by atoms with Gasteiger partial charge in [0.05, 0.1) is 18.7 Å². The van der Waals surface area contributed by atoms with Gasteiger partial charge in [0, 0.05) is 24.0 Å². The van der Waals surface area contributed by atoms with Crippen LogP contribution in [0.3, 0.4) is 0 Å². The molecular formula is C14H13N3O. The molecule has 1 N–H and O–H groups in total. The maximum atomic E-state index is 8.71. The van der Waals surface area contributed by atoms with E-state index in [9.17, 15) is 0 Å². The molecule has 0 aliphatic rings. The number of pyridine rings is 1. The topological polar surface area (TPSA) is 57.9 Å². The SMILES string of the molecule is COc1ncccc1CNc1ccc(C#N)cc1. The number of hydrogen-bond acceptors (Lipinski definition) is 4. The molecule has 0 aliphatic carbocycles. The summed E-state index contributed by atoms with van der Waals surface area (Å²) in [5.41, 5.74) is 2.60. The largest absolute Gasteiger partial charge is 0.481 e. The van der Waals surface area contributed by atoms with Crippen molar-refractivity contribution in [2.75, 3.05) is 12.4 Å². The lowest BCUT2D eigenvalue weighted by molar-refractivity contribution is 0.393. The van der Waals surface area contributed by atoms with E-state index in [0.29, 0.717) is 18.0 Å². The van der Waals surface area contributed by atoms with E-state index in [0.717, 1.165) is 11.3 Å². The molecule has 0 atom stereocenters. The van der Waals surface area contributed by atoms with Crippen LogP contribution >= 0.6 is 0 Å². The van der Waals surface area contributed by atoms with Crippen molar-refractivity contribution in [3.05, 3.63) is 53.7 Å². The van der Waals surface area contributed by atoms with E-state index >= 15 is 0 Å². The maximum Gasteiger partial charge on any atom is 0.218 e. The van der Waals surface area contributed by atoms with Gasteiger partial charge >= 0.3 is 0 Å². The monoisotopic (exact) mass is 239 g/mol. The van der Waals surface area contributed by atoms with Crippen LogP contribution in [0.5, 0.6) is 5.88 Å². The highest BCUT2D eigenvalue weighted by Gasteiger charge is 2.02. The van der Waals surface area contributed by atoms with Crippen molar-refractivity contribution in [3.8, 4) is 11.9 Å². The van der Waals surface area contributed by atoms with Crippen LogP contribution in [-0.2, 0) is 6.54 Å². The van der Waals surface area contributed by atoms with Crippen LogP contribution in [0.15, 0.2) is 42.6 Å². The number of hydrogen-bond donors (Lipinski definition) is 1. The number of nitriles is 1. The molecule has 1 aromatic heterocycles. The summed E-state index contributed by atoms with van der Waals surface area (Å²) in [6.45, 7) is 0.628. The summed E-state index contributed by atoms with van der Waals surface area (Å²) in [7, 11) is 1.60. The highest BCUT2D eigenvalue weighted by atomic mass is 16.5. The third kappa shape index (κ3) is 2.77. The standard InChI is InChI=1S/C14H13N3O/c1-18-14-12(3-2-8-16-14)10-17-13-6-4-11(9-15)5-7-13/h2-8,17H,10H2,1H3. The van der Waals surface area contributed by atoms with Gasteiger partial charge in [-0.05, 0) is 30.3 Å². The molecule has 0 spiro atoms. The molecule has 0 unspecified atom stereocenters. The molecule has 0 saturated carbocycles. The van der Waals surface area contributed by atoms with Crippen molar-refractivity contribution in [1.29, 1.82) is 5.26 Å². The van der Waals surface area contributed by atoms with E-state index in [-0.39, 0.29) is 0 Å². The first-order valence-electron chi connectivity index (χ1n) is 5.55. The van der Waals surface area contributed by atoms with Gasteiger partial charge in [0.2, 0.25) is 5.88 Å². The summed E-state index contributed by atoms with van der Waals surface area (Å²) in [4.78, 5) is 4.13. The van der Waals surface area contributed by atoms with Gasteiger partial charge in [-0.2, -0.15) is 5.26 Å². The lowest BCUT2D eigenvalue weighted by Crippen LogP contribution is -2.02. The number of nitrogens with one attached hydrogen (secondary N) is 1. The van der Waals surface area contributed by atoms with Crippen LogP contribution in [0, 0.1) is 11.3 Å². The van der Waals surface area contributed by atoms with Gasteiger partial charge < -0.3 is 10.1 Å². The minimum Gasteiger partial charge on any atom is -0.481 e. The van der Waals surface area contributed by atoms with Crippen LogP contribution in [0.25, 0.3) is 0 Å². The summed E-state index contributed by atoms with van der Waals surface area (Å²) >= 11 is 0. The van der Waals surface area contributed by atoms with E-state index < -0.39 is 0 Å². The van der Waals surface area contributed by atoms with Crippen molar-refractivity contribution in [2.45, 2.75) is 6.54 Å². The Bertz CT molecular complexity index is 558. The summed E-state index contributed by atoms with van der Waals surface area (Å²) in [6, 6.07) is 13.2. The molecule has 0 aliphatic heterocycles. The average Bonchev–Trinajstić information content (AvgIpc) is 2.46. The molecule has 0 radical (unpaired) electrons. The summed E-state index contributed by atoms with van der Waals surface area (Å²) in [5, 5.41) is 12.0. The molecular weight excluding hydrogens is 226 g/mol. The van der Waals surface area contributed by atoms with Gasteiger partial charge in [-0.1, -0.05) is 6.07 Å². The Morgan fingerprint density at radius 3 is 2.72 bits per heavy atom. The molecule has 18 heavy (non-hydrogen) atoms. The zero-order chi connectivity index (χ0) is 12.8. The fourth-order valence-corrected chi connectivity index (χ4v) is 1.60. The molecule has 0 saturated heterocycles. The van der Waals surface area contributed by atoms with Crippen LogP contribution in [0.1, 0.15) is 11.1 Å². The van der Waals surface area contributed by atoms with Crippen LogP contribution in [0.4, 0.5) is 5.69 Å². The average molecular weight is 239 g/mol.